The number of carbonyl (C=O) groups is 1. The first-order valence-electron chi connectivity index (χ1n) is 5.52. The SMILES string of the molecule is C=C(C)C.CC.CC.CCOC(=O)CN. The molecular formula is C12H29NO2. The molecular weight excluding hydrogens is 190 g/mol. The number of rotatable bonds is 2. The Kier molecular flexibility index (Phi) is 46.3. The zero-order chi connectivity index (χ0) is 13.3. The highest BCUT2D eigenvalue weighted by Crippen LogP contribution is 1.73. The minimum absolute atomic E-state index is 0.0200. The first kappa shape index (κ1) is 23.8. The van der Waals surface area contributed by atoms with Gasteiger partial charge in [-0.2, -0.15) is 0 Å². The largest absolute Gasteiger partial charge is 0.465 e. The van der Waals surface area contributed by atoms with Crippen molar-refractivity contribution < 1.29 is 9.53 Å². The lowest BCUT2D eigenvalue weighted by atomic mass is 10.4. The monoisotopic (exact) mass is 219 g/mol. The van der Waals surface area contributed by atoms with Crippen LogP contribution in [0, 0.1) is 0 Å². The molecule has 3 nitrogen and oxygen atoms in total. The maximum absolute atomic E-state index is 10.1. The van der Waals surface area contributed by atoms with Crippen LogP contribution in [0.1, 0.15) is 48.5 Å². The van der Waals surface area contributed by atoms with Gasteiger partial charge in [0.15, 0.2) is 0 Å². The average molecular weight is 219 g/mol. The molecule has 0 aromatic heterocycles. The highest BCUT2D eigenvalue weighted by atomic mass is 16.5. The van der Waals surface area contributed by atoms with Gasteiger partial charge in [0, 0.05) is 0 Å². The van der Waals surface area contributed by atoms with Gasteiger partial charge < -0.3 is 10.5 Å². The molecule has 0 radical (unpaired) electrons. The van der Waals surface area contributed by atoms with E-state index in [-0.39, 0.29) is 12.5 Å². The second kappa shape index (κ2) is 29.2. The molecule has 0 heterocycles. The van der Waals surface area contributed by atoms with Crippen LogP contribution < -0.4 is 5.73 Å². The van der Waals surface area contributed by atoms with Crippen molar-refractivity contribution in [2.24, 2.45) is 5.73 Å². The lowest BCUT2D eigenvalue weighted by molar-refractivity contribution is -0.141. The van der Waals surface area contributed by atoms with E-state index >= 15 is 0 Å². The van der Waals surface area contributed by atoms with Gasteiger partial charge in [0.2, 0.25) is 0 Å². The summed E-state index contributed by atoms with van der Waals surface area (Å²) in [6, 6.07) is 0. The van der Waals surface area contributed by atoms with Crippen LogP contribution in [-0.4, -0.2) is 19.1 Å². The van der Waals surface area contributed by atoms with Crippen LogP contribution in [0.4, 0.5) is 0 Å². The molecule has 94 valence electrons. The van der Waals surface area contributed by atoms with Crippen molar-refractivity contribution in [3.63, 3.8) is 0 Å². The van der Waals surface area contributed by atoms with Gasteiger partial charge in [0.1, 0.15) is 0 Å². The Labute approximate surface area is 95.7 Å². The van der Waals surface area contributed by atoms with Crippen molar-refractivity contribution in [1.82, 2.24) is 0 Å². The average Bonchev–Trinajstić information content (AvgIpc) is 2.23. The van der Waals surface area contributed by atoms with Crippen molar-refractivity contribution in [2.45, 2.75) is 48.5 Å². The molecule has 0 amide bonds. The highest BCUT2D eigenvalue weighted by molar-refractivity contribution is 5.71. The lowest BCUT2D eigenvalue weighted by Crippen LogP contribution is -2.16. The molecule has 0 saturated carbocycles. The van der Waals surface area contributed by atoms with Crippen LogP contribution in [0.15, 0.2) is 12.2 Å². The molecule has 0 unspecified atom stereocenters. The Hall–Kier alpha value is -0.830. The fraction of sp³-hybridized carbons (Fsp3) is 0.750. The molecule has 0 rings (SSSR count). The van der Waals surface area contributed by atoms with Gasteiger partial charge in [-0.3, -0.25) is 4.79 Å². The second-order valence-corrected chi connectivity index (χ2v) is 2.22. The van der Waals surface area contributed by atoms with E-state index < -0.39 is 0 Å². The molecule has 0 aromatic rings. The van der Waals surface area contributed by atoms with E-state index in [2.05, 4.69) is 11.3 Å². The number of hydrogen-bond acceptors (Lipinski definition) is 3. The van der Waals surface area contributed by atoms with Crippen LogP contribution in [0.25, 0.3) is 0 Å². The Morgan fingerprint density at radius 3 is 1.53 bits per heavy atom. The third-order valence-corrected chi connectivity index (χ3v) is 0.472. The van der Waals surface area contributed by atoms with Gasteiger partial charge in [0.25, 0.3) is 0 Å². The van der Waals surface area contributed by atoms with E-state index in [0.717, 1.165) is 0 Å². The van der Waals surface area contributed by atoms with Gasteiger partial charge >= 0.3 is 5.97 Å². The third-order valence-electron chi connectivity index (χ3n) is 0.472. The summed E-state index contributed by atoms with van der Waals surface area (Å²) >= 11 is 0. The molecule has 0 bridgehead atoms. The van der Waals surface area contributed by atoms with Crippen molar-refractivity contribution in [3.8, 4) is 0 Å². The topological polar surface area (TPSA) is 52.3 Å². The maximum atomic E-state index is 10.1. The Morgan fingerprint density at radius 2 is 1.47 bits per heavy atom. The summed E-state index contributed by atoms with van der Waals surface area (Å²) in [6.45, 7) is 17.6. The minimum Gasteiger partial charge on any atom is -0.465 e. The van der Waals surface area contributed by atoms with E-state index in [1.807, 2.05) is 41.5 Å². The zero-order valence-corrected chi connectivity index (χ0v) is 11.5. The molecule has 2 N–H and O–H groups in total. The number of ether oxygens (including phenoxy) is 1. The molecule has 15 heavy (non-hydrogen) atoms. The smallest absolute Gasteiger partial charge is 0.319 e. The lowest BCUT2D eigenvalue weighted by Gasteiger charge is -1.93. The Balaban J connectivity index is -0.0000000647. The van der Waals surface area contributed by atoms with Crippen LogP contribution in [0.5, 0.6) is 0 Å². The summed E-state index contributed by atoms with van der Waals surface area (Å²) in [6.07, 6.45) is 0. The van der Waals surface area contributed by atoms with Crippen LogP contribution in [-0.2, 0) is 9.53 Å². The molecule has 0 aliphatic rings. The van der Waals surface area contributed by atoms with Gasteiger partial charge in [-0.1, -0.05) is 33.3 Å². The van der Waals surface area contributed by atoms with Crippen molar-refractivity contribution in [2.75, 3.05) is 13.2 Å². The first-order valence-corrected chi connectivity index (χ1v) is 5.52. The van der Waals surface area contributed by atoms with E-state index in [9.17, 15) is 4.79 Å². The molecule has 0 aliphatic heterocycles. The Morgan fingerprint density at radius 1 is 1.20 bits per heavy atom. The summed E-state index contributed by atoms with van der Waals surface area (Å²) < 4.78 is 4.43. The number of esters is 1. The summed E-state index contributed by atoms with van der Waals surface area (Å²) in [4.78, 5) is 10.1. The van der Waals surface area contributed by atoms with Gasteiger partial charge in [-0.15, -0.1) is 6.58 Å². The zero-order valence-electron chi connectivity index (χ0n) is 11.5. The normalized spacial score (nSPS) is 6.40. The molecule has 0 aliphatic carbocycles. The Bertz CT molecular complexity index is 119. The molecule has 0 fully saturated rings. The maximum Gasteiger partial charge on any atom is 0.319 e. The van der Waals surface area contributed by atoms with Gasteiger partial charge in [-0.25, -0.2) is 0 Å². The summed E-state index contributed by atoms with van der Waals surface area (Å²) in [5.41, 5.74) is 6.05. The van der Waals surface area contributed by atoms with E-state index in [0.29, 0.717) is 6.61 Å². The van der Waals surface area contributed by atoms with Gasteiger partial charge in [0.05, 0.1) is 13.2 Å². The van der Waals surface area contributed by atoms with Crippen LogP contribution in [0.3, 0.4) is 0 Å². The molecule has 3 heteroatoms. The number of carbonyl (C=O) groups excluding carboxylic acids is 1. The predicted octanol–water partition coefficient (Wildman–Crippen LogP) is 3.14. The summed E-state index contributed by atoms with van der Waals surface area (Å²) in [7, 11) is 0. The van der Waals surface area contributed by atoms with Crippen molar-refractivity contribution in [1.29, 1.82) is 0 Å². The molecule has 0 atom stereocenters. The quantitative estimate of drug-likeness (QED) is 0.573. The van der Waals surface area contributed by atoms with Gasteiger partial charge in [-0.05, 0) is 20.8 Å². The van der Waals surface area contributed by atoms with E-state index in [1.165, 1.54) is 5.57 Å². The predicted molar refractivity (Wildman–Crippen MR) is 68.9 cm³/mol. The fourth-order valence-electron chi connectivity index (χ4n) is 0.220. The fourth-order valence-corrected chi connectivity index (χ4v) is 0.220. The van der Waals surface area contributed by atoms with E-state index in [4.69, 9.17) is 5.73 Å². The molecule has 0 spiro atoms. The van der Waals surface area contributed by atoms with Crippen molar-refractivity contribution >= 4 is 5.97 Å². The van der Waals surface area contributed by atoms with Crippen LogP contribution >= 0.6 is 0 Å². The highest BCUT2D eigenvalue weighted by Gasteiger charge is 1.91. The summed E-state index contributed by atoms with van der Waals surface area (Å²) in [5.74, 6) is -0.345. The molecule has 0 aromatic carbocycles. The number of allylic oxidation sites excluding steroid dienone is 1. The van der Waals surface area contributed by atoms with Crippen molar-refractivity contribution in [3.05, 3.63) is 12.2 Å². The number of nitrogens with two attached hydrogens (primary N) is 1. The van der Waals surface area contributed by atoms with Crippen LogP contribution in [0.2, 0.25) is 0 Å². The number of hydrogen-bond donors (Lipinski definition) is 1. The summed E-state index contributed by atoms with van der Waals surface area (Å²) in [5, 5.41) is 0. The minimum atomic E-state index is -0.345. The second-order valence-electron chi connectivity index (χ2n) is 2.22. The standard InChI is InChI=1S/C4H9NO2.C4H8.2C2H6/c1-2-7-4(6)3-5;1-4(2)3;2*1-2/h2-3,5H2,1H3;1H2,2-3H3;2*1-2H3. The third kappa shape index (κ3) is 94.5. The molecule has 0 saturated heterocycles. The van der Waals surface area contributed by atoms with E-state index in [1.54, 1.807) is 6.92 Å². The first-order chi connectivity index (χ1) is 7.04.